The third-order valence-corrected chi connectivity index (χ3v) is 4.57. The molecule has 1 aromatic rings. The molecule has 1 aliphatic rings. The minimum atomic E-state index is -0.157. The number of anilines is 1. The zero-order valence-electron chi connectivity index (χ0n) is 13.9. The van der Waals surface area contributed by atoms with Gasteiger partial charge in [-0.1, -0.05) is 32.4 Å². The van der Waals surface area contributed by atoms with Crippen LogP contribution in [0.2, 0.25) is 0 Å². The summed E-state index contributed by atoms with van der Waals surface area (Å²) >= 11 is 0. The van der Waals surface area contributed by atoms with E-state index in [-0.39, 0.29) is 18.7 Å². The van der Waals surface area contributed by atoms with Gasteiger partial charge in [0.15, 0.2) is 0 Å². The van der Waals surface area contributed by atoms with Gasteiger partial charge in [-0.25, -0.2) is 4.79 Å². The molecule has 22 heavy (non-hydrogen) atoms. The summed E-state index contributed by atoms with van der Waals surface area (Å²) in [6, 6.07) is 7.70. The van der Waals surface area contributed by atoms with E-state index in [0.29, 0.717) is 11.8 Å². The van der Waals surface area contributed by atoms with Crippen molar-refractivity contribution in [1.29, 1.82) is 0 Å². The van der Waals surface area contributed by atoms with Crippen molar-refractivity contribution >= 4 is 11.7 Å². The number of hydrogen-bond donors (Lipinski definition) is 2. The third kappa shape index (κ3) is 4.23. The number of carbonyl (C=O) groups is 1. The number of aliphatic hydroxyl groups is 1. The molecule has 0 saturated heterocycles. The van der Waals surface area contributed by atoms with Gasteiger partial charge in [-0.3, -0.25) is 0 Å². The van der Waals surface area contributed by atoms with E-state index in [1.165, 1.54) is 24.8 Å². The second-order valence-corrected chi connectivity index (χ2v) is 6.69. The largest absolute Gasteiger partial charge is 0.394 e. The maximum Gasteiger partial charge on any atom is 0.322 e. The smallest absolute Gasteiger partial charge is 0.322 e. The predicted molar refractivity (Wildman–Crippen MR) is 90.1 cm³/mol. The van der Waals surface area contributed by atoms with Gasteiger partial charge in [-0.2, -0.15) is 0 Å². The predicted octanol–water partition coefficient (Wildman–Crippen LogP) is 3.82. The molecule has 2 amide bonds. The lowest BCUT2D eigenvalue weighted by atomic mass is 9.85. The van der Waals surface area contributed by atoms with Gasteiger partial charge in [-0.05, 0) is 49.3 Å². The molecule has 0 aliphatic heterocycles. The van der Waals surface area contributed by atoms with Crippen LogP contribution in [0, 0.1) is 5.92 Å². The molecule has 4 heteroatoms. The Bertz CT molecular complexity index is 480. The Hall–Kier alpha value is -1.55. The average molecular weight is 304 g/mol. The molecule has 1 atom stereocenters. The lowest BCUT2D eigenvalue weighted by Gasteiger charge is -2.35. The van der Waals surface area contributed by atoms with Gasteiger partial charge in [0.25, 0.3) is 0 Å². The monoisotopic (exact) mass is 304 g/mol. The zero-order valence-corrected chi connectivity index (χ0v) is 13.9. The SMILES string of the molecule is CC(C)c1ccc(NC(=O)N(CC2CCC2)[C@H](C)CO)cc1. The first-order chi connectivity index (χ1) is 10.5. The Kier molecular flexibility index (Phi) is 5.83. The van der Waals surface area contributed by atoms with Crippen LogP contribution in [0.25, 0.3) is 0 Å². The summed E-state index contributed by atoms with van der Waals surface area (Å²) in [6.45, 7) is 6.91. The van der Waals surface area contributed by atoms with Crippen molar-refractivity contribution < 1.29 is 9.90 Å². The van der Waals surface area contributed by atoms with E-state index in [1.54, 1.807) is 4.90 Å². The van der Waals surface area contributed by atoms with Crippen LogP contribution in [0.15, 0.2) is 24.3 Å². The van der Waals surface area contributed by atoms with Crippen LogP contribution in [0.5, 0.6) is 0 Å². The second kappa shape index (κ2) is 7.63. The highest BCUT2D eigenvalue weighted by Crippen LogP contribution is 2.28. The summed E-state index contributed by atoms with van der Waals surface area (Å²) in [5.74, 6) is 1.07. The Labute approximate surface area is 133 Å². The van der Waals surface area contributed by atoms with Crippen LogP contribution in [-0.2, 0) is 0 Å². The summed E-state index contributed by atoms with van der Waals surface area (Å²) in [7, 11) is 0. The molecular formula is C18H28N2O2. The number of carbonyl (C=O) groups excluding carboxylic acids is 1. The fourth-order valence-electron chi connectivity index (χ4n) is 2.66. The molecule has 1 aromatic carbocycles. The fourth-order valence-corrected chi connectivity index (χ4v) is 2.66. The molecular weight excluding hydrogens is 276 g/mol. The first kappa shape index (κ1) is 16.8. The molecule has 1 fully saturated rings. The van der Waals surface area contributed by atoms with Crippen molar-refractivity contribution in [3.05, 3.63) is 29.8 Å². The maximum atomic E-state index is 12.5. The fraction of sp³-hybridized carbons (Fsp3) is 0.611. The lowest BCUT2D eigenvalue weighted by molar-refractivity contribution is 0.121. The number of nitrogens with one attached hydrogen (secondary N) is 1. The molecule has 0 aromatic heterocycles. The Morgan fingerprint density at radius 1 is 1.27 bits per heavy atom. The van der Waals surface area contributed by atoms with Crippen LogP contribution in [-0.4, -0.2) is 35.2 Å². The van der Waals surface area contributed by atoms with Gasteiger partial charge in [0.1, 0.15) is 0 Å². The first-order valence-corrected chi connectivity index (χ1v) is 8.29. The number of amides is 2. The third-order valence-electron chi connectivity index (χ3n) is 4.57. The quantitative estimate of drug-likeness (QED) is 0.839. The van der Waals surface area contributed by atoms with Gasteiger partial charge >= 0.3 is 6.03 Å². The molecule has 0 unspecified atom stereocenters. The zero-order chi connectivity index (χ0) is 16.1. The van der Waals surface area contributed by atoms with Crippen LogP contribution in [0.1, 0.15) is 51.5 Å². The molecule has 1 saturated carbocycles. The van der Waals surface area contributed by atoms with Crippen molar-refractivity contribution in [2.45, 2.75) is 52.0 Å². The van der Waals surface area contributed by atoms with Gasteiger partial charge in [0, 0.05) is 12.2 Å². The molecule has 0 spiro atoms. The van der Waals surface area contributed by atoms with Crippen molar-refractivity contribution in [3.8, 4) is 0 Å². The molecule has 122 valence electrons. The van der Waals surface area contributed by atoms with Crippen LogP contribution in [0.4, 0.5) is 10.5 Å². The molecule has 0 radical (unpaired) electrons. The summed E-state index contributed by atoms with van der Waals surface area (Å²) < 4.78 is 0. The van der Waals surface area contributed by atoms with E-state index in [4.69, 9.17) is 0 Å². The van der Waals surface area contributed by atoms with Crippen molar-refractivity contribution in [3.63, 3.8) is 0 Å². The lowest BCUT2D eigenvalue weighted by Crippen LogP contribution is -2.46. The number of benzene rings is 1. The topological polar surface area (TPSA) is 52.6 Å². The molecule has 0 heterocycles. The minimum Gasteiger partial charge on any atom is -0.394 e. The van der Waals surface area contributed by atoms with Crippen LogP contribution < -0.4 is 5.32 Å². The van der Waals surface area contributed by atoms with Gasteiger partial charge in [0.2, 0.25) is 0 Å². The van der Waals surface area contributed by atoms with Gasteiger partial charge < -0.3 is 15.3 Å². The summed E-state index contributed by atoms with van der Waals surface area (Å²) in [5.41, 5.74) is 2.06. The van der Waals surface area contributed by atoms with Gasteiger partial charge in [-0.15, -0.1) is 0 Å². The van der Waals surface area contributed by atoms with Crippen molar-refractivity contribution in [1.82, 2.24) is 4.90 Å². The minimum absolute atomic E-state index is 0.00751. The standard InChI is InChI=1S/C18H28N2O2/c1-13(2)16-7-9-17(10-8-16)19-18(22)20(14(3)12-21)11-15-5-4-6-15/h7-10,13-15,21H,4-6,11-12H2,1-3H3,(H,19,22)/t14-/m1/s1. The van der Waals surface area contributed by atoms with Crippen LogP contribution >= 0.6 is 0 Å². The van der Waals surface area contributed by atoms with Crippen LogP contribution in [0.3, 0.4) is 0 Å². The maximum absolute atomic E-state index is 12.5. The average Bonchev–Trinajstić information content (AvgIpc) is 2.45. The first-order valence-electron chi connectivity index (χ1n) is 8.29. The molecule has 0 bridgehead atoms. The highest BCUT2D eigenvalue weighted by atomic mass is 16.3. The highest BCUT2D eigenvalue weighted by molar-refractivity contribution is 5.89. The summed E-state index contributed by atoms with van der Waals surface area (Å²) in [5, 5.41) is 12.4. The van der Waals surface area contributed by atoms with Crippen molar-refractivity contribution in [2.24, 2.45) is 5.92 Å². The Balaban J connectivity index is 1.99. The van der Waals surface area contributed by atoms with E-state index < -0.39 is 0 Å². The number of urea groups is 1. The normalized spacial score (nSPS) is 16.2. The summed E-state index contributed by atoms with van der Waals surface area (Å²) in [6.07, 6.45) is 3.63. The number of rotatable bonds is 6. The Morgan fingerprint density at radius 2 is 1.91 bits per heavy atom. The second-order valence-electron chi connectivity index (χ2n) is 6.69. The molecule has 2 rings (SSSR count). The number of nitrogens with zero attached hydrogens (tertiary/aromatic N) is 1. The highest BCUT2D eigenvalue weighted by Gasteiger charge is 2.26. The number of hydrogen-bond acceptors (Lipinski definition) is 2. The van der Waals surface area contributed by atoms with E-state index in [2.05, 4.69) is 19.2 Å². The van der Waals surface area contributed by atoms with E-state index >= 15 is 0 Å². The van der Waals surface area contributed by atoms with Gasteiger partial charge in [0.05, 0.1) is 12.6 Å². The molecule has 2 N–H and O–H groups in total. The van der Waals surface area contributed by atoms with E-state index in [1.807, 2.05) is 31.2 Å². The number of aliphatic hydroxyl groups excluding tert-OH is 1. The molecule has 1 aliphatic carbocycles. The van der Waals surface area contributed by atoms with Crippen molar-refractivity contribution in [2.75, 3.05) is 18.5 Å². The Morgan fingerprint density at radius 3 is 2.36 bits per heavy atom. The van der Waals surface area contributed by atoms with E-state index in [9.17, 15) is 9.90 Å². The van der Waals surface area contributed by atoms with E-state index in [0.717, 1.165) is 12.2 Å². The summed E-state index contributed by atoms with van der Waals surface area (Å²) in [4.78, 5) is 14.3. The molecule has 4 nitrogen and oxygen atoms in total.